The molecule has 0 radical (unpaired) electrons. The molecule has 1 saturated heterocycles. The number of hydrogen-bond donors (Lipinski definition) is 1. The Balaban J connectivity index is 1.61. The lowest BCUT2D eigenvalue weighted by atomic mass is 10.0. The van der Waals surface area contributed by atoms with Crippen molar-refractivity contribution in [1.82, 2.24) is 10.2 Å². The number of nitrogens with one attached hydrogen (secondary N) is 1. The molecule has 0 aromatic heterocycles. The van der Waals surface area contributed by atoms with Crippen LogP contribution in [0.5, 0.6) is 0 Å². The summed E-state index contributed by atoms with van der Waals surface area (Å²) in [5.41, 5.74) is 1.47. The first-order chi connectivity index (χ1) is 9.83. The summed E-state index contributed by atoms with van der Waals surface area (Å²) < 4.78 is 0. The highest BCUT2D eigenvalue weighted by Crippen LogP contribution is 2.19. The molecule has 106 valence electrons. The van der Waals surface area contributed by atoms with E-state index < -0.39 is 0 Å². The van der Waals surface area contributed by atoms with Gasteiger partial charge in [-0.05, 0) is 49.2 Å². The second-order valence-corrected chi connectivity index (χ2v) is 5.94. The molecule has 3 rings (SSSR count). The van der Waals surface area contributed by atoms with Crippen LogP contribution in [0.3, 0.4) is 0 Å². The van der Waals surface area contributed by atoms with Crippen LogP contribution in [0.2, 0.25) is 0 Å². The molecule has 0 saturated carbocycles. The SMILES string of the molecule is CN(CCc1cccc2ccccc12)CC1CCCN1. The Kier molecular flexibility index (Phi) is 4.34. The third-order valence-electron chi connectivity index (χ3n) is 4.34. The molecule has 1 heterocycles. The van der Waals surface area contributed by atoms with E-state index in [1.807, 2.05) is 0 Å². The van der Waals surface area contributed by atoms with Crippen molar-refractivity contribution in [3.05, 3.63) is 48.0 Å². The molecule has 1 atom stereocenters. The molecule has 0 aliphatic carbocycles. The number of nitrogens with zero attached hydrogens (tertiary/aromatic N) is 1. The lowest BCUT2D eigenvalue weighted by molar-refractivity contribution is 0.304. The van der Waals surface area contributed by atoms with Crippen LogP contribution >= 0.6 is 0 Å². The maximum Gasteiger partial charge on any atom is 0.0195 e. The largest absolute Gasteiger partial charge is 0.313 e. The lowest BCUT2D eigenvalue weighted by Crippen LogP contribution is -2.36. The highest BCUT2D eigenvalue weighted by molar-refractivity contribution is 5.85. The van der Waals surface area contributed by atoms with Gasteiger partial charge in [-0.15, -0.1) is 0 Å². The number of hydrogen-bond acceptors (Lipinski definition) is 2. The van der Waals surface area contributed by atoms with E-state index >= 15 is 0 Å². The first-order valence-electron chi connectivity index (χ1n) is 7.71. The van der Waals surface area contributed by atoms with Crippen molar-refractivity contribution in [2.75, 3.05) is 26.7 Å². The van der Waals surface area contributed by atoms with Gasteiger partial charge in [0.05, 0.1) is 0 Å². The van der Waals surface area contributed by atoms with Crippen molar-refractivity contribution in [1.29, 1.82) is 0 Å². The molecule has 2 nitrogen and oxygen atoms in total. The minimum Gasteiger partial charge on any atom is -0.313 e. The molecule has 1 aliphatic rings. The first-order valence-corrected chi connectivity index (χ1v) is 7.71. The Morgan fingerprint density at radius 2 is 2.00 bits per heavy atom. The number of fused-ring (bicyclic) bond motifs is 1. The molecular formula is C18H24N2. The third-order valence-corrected chi connectivity index (χ3v) is 4.34. The van der Waals surface area contributed by atoms with Gasteiger partial charge in [0.15, 0.2) is 0 Å². The topological polar surface area (TPSA) is 15.3 Å². The van der Waals surface area contributed by atoms with Gasteiger partial charge < -0.3 is 10.2 Å². The molecule has 1 unspecified atom stereocenters. The van der Waals surface area contributed by atoms with Crippen LogP contribution in [0, 0.1) is 0 Å². The van der Waals surface area contributed by atoms with Gasteiger partial charge in [-0.2, -0.15) is 0 Å². The Labute approximate surface area is 121 Å². The summed E-state index contributed by atoms with van der Waals surface area (Å²) in [6.07, 6.45) is 3.80. The molecule has 1 N–H and O–H groups in total. The summed E-state index contributed by atoms with van der Waals surface area (Å²) in [6, 6.07) is 16.0. The van der Waals surface area contributed by atoms with Crippen LogP contribution < -0.4 is 5.32 Å². The van der Waals surface area contributed by atoms with Gasteiger partial charge in [-0.25, -0.2) is 0 Å². The molecular weight excluding hydrogens is 244 g/mol. The van der Waals surface area contributed by atoms with Crippen molar-refractivity contribution in [3.8, 4) is 0 Å². The number of likely N-dealkylation sites (N-methyl/N-ethyl adjacent to an activating group) is 1. The van der Waals surface area contributed by atoms with Gasteiger partial charge >= 0.3 is 0 Å². The molecule has 2 heteroatoms. The molecule has 0 spiro atoms. The van der Waals surface area contributed by atoms with Gasteiger partial charge in [0.25, 0.3) is 0 Å². The molecule has 2 aromatic rings. The third kappa shape index (κ3) is 3.20. The van der Waals surface area contributed by atoms with Crippen molar-refractivity contribution in [2.45, 2.75) is 25.3 Å². The number of rotatable bonds is 5. The highest BCUT2D eigenvalue weighted by Gasteiger charge is 2.15. The smallest absolute Gasteiger partial charge is 0.0195 e. The van der Waals surface area contributed by atoms with Crippen molar-refractivity contribution in [3.63, 3.8) is 0 Å². The van der Waals surface area contributed by atoms with Gasteiger partial charge in [-0.3, -0.25) is 0 Å². The minimum atomic E-state index is 0.701. The summed E-state index contributed by atoms with van der Waals surface area (Å²) in [4.78, 5) is 2.46. The second kappa shape index (κ2) is 6.38. The van der Waals surface area contributed by atoms with E-state index in [0.717, 1.165) is 13.0 Å². The fourth-order valence-electron chi connectivity index (χ4n) is 3.20. The molecule has 1 fully saturated rings. The van der Waals surface area contributed by atoms with Crippen LogP contribution in [0.1, 0.15) is 18.4 Å². The van der Waals surface area contributed by atoms with E-state index in [2.05, 4.69) is 59.7 Å². The summed E-state index contributed by atoms with van der Waals surface area (Å²) >= 11 is 0. The van der Waals surface area contributed by atoms with Crippen LogP contribution in [0.15, 0.2) is 42.5 Å². The molecule has 0 bridgehead atoms. The van der Waals surface area contributed by atoms with E-state index in [0.29, 0.717) is 6.04 Å². The lowest BCUT2D eigenvalue weighted by Gasteiger charge is -2.21. The van der Waals surface area contributed by atoms with Crippen LogP contribution in [0.4, 0.5) is 0 Å². The van der Waals surface area contributed by atoms with Crippen LogP contribution in [-0.2, 0) is 6.42 Å². The van der Waals surface area contributed by atoms with Gasteiger partial charge in [-0.1, -0.05) is 42.5 Å². The zero-order chi connectivity index (χ0) is 13.8. The monoisotopic (exact) mass is 268 g/mol. The first kappa shape index (κ1) is 13.6. The second-order valence-electron chi connectivity index (χ2n) is 5.94. The Morgan fingerprint density at radius 3 is 2.85 bits per heavy atom. The fourth-order valence-corrected chi connectivity index (χ4v) is 3.20. The predicted octanol–water partition coefficient (Wildman–Crippen LogP) is 3.07. The van der Waals surface area contributed by atoms with Crippen molar-refractivity contribution in [2.24, 2.45) is 0 Å². The summed E-state index contributed by atoms with van der Waals surface area (Å²) in [5, 5.41) is 6.33. The van der Waals surface area contributed by atoms with E-state index in [1.165, 1.54) is 42.3 Å². The summed E-state index contributed by atoms with van der Waals surface area (Å²) in [6.45, 7) is 3.50. The van der Waals surface area contributed by atoms with E-state index in [4.69, 9.17) is 0 Å². The van der Waals surface area contributed by atoms with Crippen LogP contribution in [0.25, 0.3) is 10.8 Å². The van der Waals surface area contributed by atoms with Gasteiger partial charge in [0, 0.05) is 19.1 Å². The normalized spacial score (nSPS) is 19.0. The Morgan fingerprint density at radius 1 is 1.15 bits per heavy atom. The van der Waals surface area contributed by atoms with Crippen LogP contribution in [-0.4, -0.2) is 37.6 Å². The highest BCUT2D eigenvalue weighted by atomic mass is 15.1. The minimum absolute atomic E-state index is 0.701. The standard InChI is InChI=1S/C18H24N2/c1-20(14-17-9-5-12-19-17)13-11-16-8-4-7-15-6-2-3-10-18(15)16/h2-4,6-8,10,17,19H,5,9,11-14H2,1H3. The van der Waals surface area contributed by atoms with Crippen molar-refractivity contribution >= 4 is 10.8 Å². The maximum atomic E-state index is 3.57. The van der Waals surface area contributed by atoms with Gasteiger partial charge in [0.1, 0.15) is 0 Å². The van der Waals surface area contributed by atoms with Gasteiger partial charge in [0.2, 0.25) is 0 Å². The maximum absolute atomic E-state index is 3.57. The molecule has 0 amide bonds. The average Bonchev–Trinajstić information content (AvgIpc) is 2.98. The van der Waals surface area contributed by atoms with Crippen molar-refractivity contribution < 1.29 is 0 Å². The zero-order valence-electron chi connectivity index (χ0n) is 12.3. The van der Waals surface area contributed by atoms with E-state index in [9.17, 15) is 0 Å². The molecule has 1 aliphatic heterocycles. The average molecular weight is 268 g/mol. The summed E-state index contributed by atoms with van der Waals surface area (Å²) in [7, 11) is 2.24. The number of benzene rings is 2. The quantitative estimate of drug-likeness (QED) is 0.896. The summed E-state index contributed by atoms with van der Waals surface area (Å²) in [5.74, 6) is 0. The predicted molar refractivity (Wildman–Crippen MR) is 86.2 cm³/mol. The van der Waals surface area contributed by atoms with E-state index in [-0.39, 0.29) is 0 Å². The Bertz CT molecular complexity index is 553. The Hall–Kier alpha value is -1.38. The molecule has 2 aromatic carbocycles. The fraction of sp³-hybridized carbons (Fsp3) is 0.444. The zero-order valence-corrected chi connectivity index (χ0v) is 12.3. The molecule has 20 heavy (non-hydrogen) atoms. The van der Waals surface area contributed by atoms with E-state index in [1.54, 1.807) is 0 Å².